The summed E-state index contributed by atoms with van der Waals surface area (Å²) in [5, 5.41) is 0. The van der Waals surface area contributed by atoms with Crippen molar-refractivity contribution in [3.63, 3.8) is 0 Å². The van der Waals surface area contributed by atoms with E-state index >= 15 is 0 Å². The summed E-state index contributed by atoms with van der Waals surface area (Å²) in [7, 11) is 0. The second kappa shape index (κ2) is 5.49. The third kappa shape index (κ3) is 2.62. The molecule has 6 heteroatoms. The van der Waals surface area contributed by atoms with Crippen LogP contribution in [0.25, 0.3) is 11.0 Å². The number of hydrogen-bond donors (Lipinski definition) is 1. The van der Waals surface area contributed by atoms with Crippen LogP contribution in [0.2, 0.25) is 0 Å². The van der Waals surface area contributed by atoms with Crippen molar-refractivity contribution in [2.24, 2.45) is 0 Å². The van der Waals surface area contributed by atoms with E-state index in [2.05, 4.69) is 4.98 Å². The highest BCUT2D eigenvalue weighted by Crippen LogP contribution is 2.27. The lowest BCUT2D eigenvalue weighted by Gasteiger charge is -2.15. The van der Waals surface area contributed by atoms with Crippen LogP contribution in [0, 0.1) is 20.0 Å². The topological polar surface area (TPSA) is 20.7 Å². The van der Waals surface area contributed by atoms with E-state index < -0.39 is 0 Å². The summed E-state index contributed by atoms with van der Waals surface area (Å²) in [6.07, 6.45) is 0. The molecule has 0 aliphatic heterocycles. The van der Waals surface area contributed by atoms with Crippen LogP contribution in [-0.4, -0.2) is 9.55 Å². The summed E-state index contributed by atoms with van der Waals surface area (Å²) in [6.45, 7) is 1.91. The molecule has 0 bridgehead atoms. The van der Waals surface area contributed by atoms with Crippen molar-refractivity contribution in [1.29, 1.82) is 0 Å². The van der Waals surface area contributed by atoms with E-state index in [0.717, 1.165) is 11.1 Å². The maximum Gasteiger partial charge on any atom is 0.178 e. The molecule has 0 fully saturated rings. The molecule has 1 atom stereocenters. The van der Waals surface area contributed by atoms with Crippen LogP contribution in [0.5, 0.6) is 0 Å². The lowest BCUT2D eigenvalue weighted by atomic mass is 10.1. The molecule has 2 nitrogen and oxygen atoms in total. The molecule has 3 aromatic rings. The number of benzene rings is 2. The molecule has 21 heavy (non-hydrogen) atoms. The smallest absolute Gasteiger partial charge is 0.178 e. The Morgan fingerprint density at radius 2 is 2.00 bits per heavy atom. The van der Waals surface area contributed by atoms with Crippen molar-refractivity contribution >= 4 is 45.8 Å². The first-order valence-electron chi connectivity index (χ1n) is 6.32. The minimum absolute atomic E-state index is 0.193. The first kappa shape index (κ1) is 14.6. The van der Waals surface area contributed by atoms with Crippen LogP contribution in [-0.2, 0) is 0 Å². The van der Waals surface area contributed by atoms with Gasteiger partial charge in [0.25, 0.3) is 0 Å². The first-order chi connectivity index (χ1) is 9.97. The van der Waals surface area contributed by atoms with E-state index in [1.807, 2.05) is 35.6 Å². The number of rotatable bonds is 2. The number of hydrogen-bond acceptors (Lipinski definition) is 1. The summed E-state index contributed by atoms with van der Waals surface area (Å²) >= 11 is 7.28. The van der Waals surface area contributed by atoms with Gasteiger partial charge in [-0.05, 0) is 65.5 Å². The molecule has 2 aromatic carbocycles. The Morgan fingerprint density at radius 1 is 1.24 bits per heavy atom. The van der Waals surface area contributed by atoms with E-state index in [0.29, 0.717) is 13.9 Å². The van der Waals surface area contributed by atoms with Gasteiger partial charge < -0.3 is 9.55 Å². The van der Waals surface area contributed by atoms with Crippen LogP contribution >= 0.6 is 34.8 Å². The molecule has 0 spiro atoms. The highest BCUT2D eigenvalue weighted by molar-refractivity contribution is 14.1. The van der Waals surface area contributed by atoms with Gasteiger partial charge in [0.2, 0.25) is 0 Å². The molecule has 0 aliphatic rings. The molecule has 1 N–H and O–H groups in total. The zero-order chi connectivity index (χ0) is 15.1. The zero-order valence-corrected chi connectivity index (χ0v) is 14.0. The standard InChI is InChI=1S/C15H11F2IN2S/c1-8(9-3-2-4-10(16)5-9)20-14-6-11(17)12(18)7-13(14)19-15(20)21/h2-8H,1H3,(H,19,21). The highest BCUT2D eigenvalue weighted by atomic mass is 127. The van der Waals surface area contributed by atoms with Gasteiger partial charge in [-0.15, -0.1) is 0 Å². The summed E-state index contributed by atoms with van der Waals surface area (Å²) < 4.78 is 30.1. The molecular formula is C15H11F2IN2S. The fourth-order valence-corrected chi connectivity index (χ4v) is 3.25. The van der Waals surface area contributed by atoms with Gasteiger partial charge in [0.15, 0.2) is 4.77 Å². The van der Waals surface area contributed by atoms with Gasteiger partial charge in [0, 0.05) is 6.07 Å². The lowest BCUT2D eigenvalue weighted by molar-refractivity contribution is 0.604. The maximum atomic E-state index is 13.8. The summed E-state index contributed by atoms with van der Waals surface area (Å²) in [5.41, 5.74) is 2.23. The van der Waals surface area contributed by atoms with E-state index in [-0.39, 0.29) is 17.7 Å². The summed E-state index contributed by atoms with van der Waals surface area (Å²) in [5.74, 6) is -0.594. The van der Waals surface area contributed by atoms with Crippen molar-refractivity contribution in [1.82, 2.24) is 9.55 Å². The normalized spacial score (nSPS) is 12.8. The number of nitrogens with one attached hydrogen (secondary N) is 1. The van der Waals surface area contributed by atoms with Gasteiger partial charge >= 0.3 is 0 Å². The predicted molar refractivity (Wildman–Crippen MR) is 90.0 cm³/mol. The molecule has 108 valence electrons. The van der Waals surface area contributed by atoms with Gasteiger partial charge in [-0.3, -0.25) is 0 Å². The number of imidazole rings is 1. The second-order valence-electron chi connectivity index (χ2n) is 4.81. The fraction of sp³-hybridized carbons (Fsp3) is 0.133. The largest absolute Gasteiger partial charge is 0.331 e. The van der Waals surface area contributed by atoms with E-state index in [4.69, 9.17) is 12.2 Å². The Balaban J connectivity index is 2.22. The number of aromatic amines is 1. The SMILES string of the molecule is CC(c1cccc(F)c1)n1c(=S)[nH]c2cc(I)c(F)cc21. The predicted octanol–water partition coefficient (Wildman–Crippen LogP) is 5.19. The zero-order valence-electron chi connectivity index (χ0n) is 11.0. The Kier molecular flexibility index (Phi) is 3.83. The molecule has 0 saturated carbocycles. The monoisotopic (exact) mass is 416 g/mol. The fourth-order valence-electron chi connectivity index (χ4n) is 2.42. The number of fused-ring (bicyclic) bond motifs is 1. The molecule has 3 rings (SSSR count). The Hall–Kier alpha value is -1.28. The van der Waals surface area contributed by atoms with Gasteiger partial charge in [-0.1, -0.05) is 12.1 Å². The minimum atomic E-state index is -0.300. The van der Waals surface area contributed by atoms with Crippen LogP contribution in [0.4, 0.5) is 8.78 Å². The molecule has 0 radical (unpaired) electrons. The molecule has 1 unspecified atom stereocenters. The third-order valence-electron chi connectivity index (χ3n) is 3.48. The number of nitrogens with zero attached hydrogens (tertiary/aromatic N) is 1. The van der Waals surface area contributed by atoms with Crippen molar-refractivity contribution in [2.45, 2.75) is 13.0 Å². The maximum absolute atomic E-state index is 13.8. The Morgan fingerprint density at radius 3 is 2.71 bits per heavy atom. The lowest BCUT2D eigenvalue weighted by Crippen LogP contribution is -2.07. The van der Waals surface area contributed by atoms with Crippen molar-refractivity contribution in [2.75, 3.05) is 0 Å². The van der Waals surface area contributed by atoms with Crippen LogP contribution in [0.1, 0.15) is 18.5 Å². The molecule has 1 aromatic heterocycles. The minimum Gasteiger partial charge on any atom is -0.331 e. The van der Waals surface area contributed by atoms with Crippen LogP contribution < -0.4 is 0 Å². The van der Waals surface area contributed by atoms with E-state index in [1.165, 1.54) is 18.2 Å². The highest BCUT2D eigenvalue weighted by Gasteiger charge is 2.15. The quantitative estimate of drug-likeness (QED) is 0.451. The first-order valence-corrected chi connectivity index (χ1v) is 7.81. The van der Waals surface area contributed by atoms with Gasteiger partial charge in [0.05, 0.1) is 20.6 Å². The average Bonchev–Trinajstić information content (AvgIpc) is 2.74. The van der Waals surface area contributed by atoms with E-state index in [9.17, 15) is 8.78 Å². The number of halogens is 3. The number of aromatic nitrogens is 2. The Labute approximate surface area is 138 Å². The molecule has 0 amide bonds. The molecule has 0 aliphatic carbocycles. The molecular weight excluding hydrogens is 405 g/mol. The van der Waals surface area contributed by atoms with Crippen molar-refractivity contribution < 1.29 is 8.78 Å². The second-order valence-corrected chi connectivity index (χ2v) is 6.36. The van der Waals surface area contributed by atoms with Gasteiger partial charge in [-0.2, -0.15) is 0 Å². The molecule has 1 heterocycles. The van der Waals surface area contributed by atoms with Crippen molar-refractivity contribution in [3.05, 3.63) is 61.9 Å². The average molecular weight is 416 g/mol. The molecule has 0 saturated heterocycles. The van der Waals surface area contributed by atoms with Gasteiger partial charge in [0.1, 0.15) is 11.6 Å². The Bertz CT molecular complexity index is 885. The summed E-state index contributed by atoms with van der Waals surface area (Å²) in [6, 6.07) is 9.33. The van der Waals surface area contributed by atoms with E-state index in [1.54, 1.807) is 16.7 Å². The summed E-state index contributed by atoms with van der Waals surface area (Å²) in [4.78, 5) is 3.07. The number of H-pyrrole nitrogens is 1. The third-order valence-corrected chi connectivity index (χ3v) is 4.60. The van der Waals surface area contributed by atoms with Crippen LogP contribution in [0.3, 0.4) is 0 Å². The van der Waals surface area contributed by atoms with Gasteiger partial charge in [-0.25, -0.2) is 8.78 Å². The van der Waals surface area contributed by atoms with Crippen LogP contribution in [0.15, 0.2) is 36.4 Å². The van der Waals surface area contributed by atoms with Crippen molar-refractivity contribution in [3.8, 4) is 0 Å².